The zero-order valence-electron chi connectivity index (χ0n) is 9.56. The van der Waals surface area contributed by atoms with Gasteiger partial charge in [0, 0.05) is 23.2 Å². The number of likely N-dealkylation sites (N-methyl/N-ethyl adjacent to an activating group) is 1. The number of hydrogen-bond donors (Lipinski definition) is 1. The zero-order chi connectivity index (χ0) is 12.5. The fourth-order valence-corrected chi connectivity index (χ4v) is 4.13. The molecule has 0 aromatic heterocycles. The molecule has 6 heteroatoms. The Balaban J connectivity index is 2.29. The lowest BCUT2D eigenvalue weighted by atomic mass is 10.3. The summed E-state index contributed by atoms with van der Waals surface area (Å²) in [6, 6.07) is 7.08. The SMILES string of the molecule is CN(C1CCNC1)S(=O)(=O)c1cccc(I)c1. The van der Waals surface area contributed by atoms with Gasteiger partial charge in [0.15, 0.2) is 0 Å². The van der Waals surface area contributed by atoms with Gasteiger partial charge in [-0.3, -0.25) is 0 Å². The molecule has 17 heavy (non-hydrogen) atoms. The standard InChI is InChI=1S/C11H15IN2O2S/c1-14(10-5-6-13-8-10)17(15,16)11-4-2-3-9(12)7-11/h2-4,7,10,13H,5-6,8H2,1H3. The van der Waals surface area contributed by atoms with Crippen molar-refractivity contribution in [3.8, 4) is 0 Å². The summed E-state index contributed by atoms with van der Waals surface area (Å²) in [6.07, 6.45) is 0.875. The first-order chi connectivity index (χ1) is 8.01. The van der Waals surface area contributed by atoms with E-state index in [9.17, 15) is 8.42 Å². The van der Waals surface area contributed by atoms with Crippen molar-refractivity contribution < 1.29 is 8.42 Å². The van der Waals surface area contributed by atoms with Crippen LogP contribution in [0.5, 0.6) is 0 Å². The zero-order valence-corrected chi connectivity index (χ0v) is 12.5. The Morgan fingerprint density at radius 1 is 1.47 bits per heavy atom. The summed E-state index contributed by atoms with van der Waals surface area (Å²) in [4.78, 5) is 0.374. The predicted octanol–water partition coefficient (Wildman–Crippen LogP) is 1.27. The monoisotopic (exact) mass is 366 g/mol. The molecule has 1 aliphatic heterocycles. The van der Waals surface area contributed by atoms with E-state index in [0.29, 0.717) is 4.90 Å². The Labute approximate surface area is 116 Å². The minimum Gasteiger partial charge on any atom is -0.315 e. The maximum absolute atomic E-state index is 12.4. The fraction of sp³-hybridized carbons (Fsp3) is 0.455. The Morgan fingerprint density at radius 2 is 2.24 bits per heavy atom. The van der Waals surface area contributed by atoms with E-state index in [4.69, 9.17) is 0 Å². The Bertz CT molecular complexity index is 498. The first kappa shape index (κ1) is 13.3. The average Bonchev–Trinajstić information content (AvgIpc) is 2.81. The van der Waals surface area contributed by atoms with E-state index in [0.717, 1.165) is 23.1 Å². The van der Waals surface area contributed by atoms with Gasteiger partial charge in [-0.05, 0) is 53.8 Å². The van der Waals surface area contributed by atoms with Gasteiger partial charge in [0.05, 0.1) is 4.90 Å². The molecule has 0 saturated carbocycles. The highest BCUT2D eigenvalue weighted by atomic mass is 127. The van der Waals surface area contributed by atoms with E-state index >= 15 is 0 Å². The summed E-state index contributed by atoms with van der Waals surface area (Å²) in [5, 5.41) is 3.18. The summed E-state index contributed by atoms with van der Waals surface area (Å²) in [7, 11) is -1.70. The largest absolute Gasteiger partial charge is 0.315 e. The van der Waals surface area contributed by atoms with Gasteiger partial charge in [-0.1, -0.05) is 6.07 Å². The van der Waals surface area contributed by atoms with Gasteiger partial charge in [0.25, 0.3) is 0 Å². The predicted molar refractivity (Wildman–Crippen MR) is 75.4 cm³/mol. The number of nitrogens with one attached hydrogen (secondary N) is 1. The van der Waals surface area contributed by atoms with Gasteiger partial charge in [-0.15, -0.1) is 0 Å². The molecule has 0 radical (unpaired) electrons. The lowest BCUT2D eigenvalue weighted by Crippen LogP contribution is -2.38. The van der Waals surface area contributed by atoms with Gasteiger partial charge in [-0.2, -0.15) is 4.31 Å². The van der Waals surface area contributed by atoms with Gasteiger partial charge < -0.3 is 5.32 Å². The number of sulfonamides is 1. The van der Waals surface area contributed by atoms with E-state index < -0.39 is 10.0 Å². The number of rotatable bonds is 3. The molecule has 1 atom stereocenters. The van der Waals surface area contributed by atoms with Gasteiger partial charge in [0.2, 0.25) is 10.0 Å². The summed E-state index contributed by atoms with van der Waals surface area (Å²) in [5.41, 5.74) is 0. The Hall–Kier alpha value is -0.180. The number of benzene rings is 1. The third kappa shape index (κ3) is 2.81. The van der Waals surface area contributed by atoms with Crippen molar-refractivity contribution in [1.82, 2.24) is 9.62 Å². The maximum Gasteiger partial charge on any atom is 0.243 e. The molecule has 4 nitrogen and oxygen atoms in total. The van der Waals surface area contributed by atoms with Crippen LogP contribution in [0.4, 0.5) is 0 Å². The second kappa shape index (κ2) is 5.21. The molecule has 1 heterocycles. The van der Waals surface area contributed by atoms with Crippen LogP contribution in [0.2, 0.25) is 0 Å². The Kier molecular flexibility index (Phi) is 4.06. The van der Waals surface area contributed by atoms with Crippen molar-refractivity contribution >= 4 is 32.6 Å². The first-order valence-electron chi connectivity index (χ1n) is 5.46. The lowest BCUT2D eigenvalue weighted by molar-refractivity contribution is 0.387. The summed E-state index contributed by atoms with van der Waals surface area (Å²) < 4.78 is 27.1. The third-order valence-electron chi connectivity index (χ3n) is 3.02. The van der Waals surface area contributed by atoms with Crippen LogP contribution < -0.4 is 5.32 Å². The van der Waals surface area contributed by atoms with Crippen molar-refractivity contribution in [2.45, 2.75) is 17.4 Å². The molecule has 0 bridgehead atoms. The van der Waals surface area contributed by atoms with Crippen molar-refractivity contribution in [1.29, 1.82) is 0 Å². The fourth-order valence-electron chi connectivity index (χ4n) is 1.94. The van der Waals surface area contributed by atoms with Crippen LogP contribution in [0.15, 0.2) is 29.2 Å². The summed E-state index contributed by atoms with van der Waals surface area (Å²) in [5.74, 6) is 0. The summed E-state index contributed by atoms with van der Waals surface area (Å²) >= 11 is 2.12. The molecule has 1 fully saturated rings. The van der Waals surface area contributed by atoms with Crippen LogP contribution >= 0.6 is 22.6 Å². The molecule has 1 aromatic rings. The second-order valence-corrected chi connectivity index (χ2v) is 7.37. The van der Waals surface area contributed by atoms with Crippen molar-refractivity contribution in [2.24, 2.45) is 0 Å². The van der Waals surface area contributed by atoms with Crippen LogP contribution in [-0.4, -0.2) is 38.9 Å². The minimum absolute atomic E-state index is 0.0675. The van der Waals surface area contributed by atoms with Gasteiger partial charge in [-0.25, -0.2) is 8.42 Å². The normalized spacial score (nSPS) is 21.0. The second-order valence-electron chi connectivity index (χ2n) is 4.13. The van der Waals surface area contributed by atoms with Gasteiger partial charge >= 0.3 is 0 Å². The molecular formula is C11H15IN2O2S. The average molecular weight is 366 g/mol. The van der Waals surface area contributed by atoms with Gasteiger partial charge in [0.1, 0.15) is 0 Å². The minimum atomic E-state index is -3.36. The molecule has 0 aliphatic carbocycles. The molecule has 1 aromatic carbocycles. The van der Waals surface area contributed by atoms with Crippen LogP contribution in [0.1, 0.15) is 6.42 Å². The number of halogens is 1. The molecule has 2 rings (SSSR count). The van der Waals surface area contributed by atoms with E-state index in [1.54, 1.807) is 25.2 Å². The third-order valence-corrected chi connectivity index (χ3v) is 5.60. The van der Waals surface area contributed by atoms with E-state index in [1.165, 1.54) is 4.31 Å². The van der Waals surface area contributed by atoms with Crippen molar-refractivity contribution in [2.75, 3.05) is 20.1 Å². The van der Waals surface area contributed by atoms with E-state index in [1.807, 2.05) is 6.07 Å². The Morgan fingerprint density at radius 3 is 2.82 bits per heavy atom. The molecule has 94 valence electrons. The number of nitrogens with zero attached hydrogens (tertiary/aromatic N) is 1. The quantitative estimate of drug-likeness (QED) is 0.820. The van der Waals surface area contributed by atoms with E-state index in [-0.39, 0.29) is 6.04 Å². The van der Waals surface area contributed by atoms with Crippen molar-refractivity contribution in [3.05, 3.63) is 27.8 Å². The molecule has 1 N–H and O–H groups in total. The molecule has 1 aliphatic rings. The topological polar surface area (TPSA) is 49.4 Å². The molecule has 0 spiro atoms. The van der Waals surface area contributed by atoms with Crippen LogP contribution in [0, 0.1) is 3.57 Å². The maximum atomic E-state index is 12.4. The lowest BCUT2D eigenvalue weighted by Gasteiger charge is -2.23. The highest BCUT2D eigenvalue weighted by molar-refractivity contribution is 14.1. The molecule has 0 amide bonds. The van der Waals surface area contributed by atoms with Crippen molar-refractivity contribution in [3.63, 3.8) is 0 Å². The number of hydrogen-bond acceptors (Lipinski definition) is 3. The highest BCUT2D eigenvalue weighted by Crippen LogP contribution is 2.20. The molecule has 1 unspecified atom stereocenters. The van der Waals surface area contributed by atoms with Crippen LogP contribution in [0.3, 0.4) is 0 Å². The summed E-state index contributed by atoms with van der Waals surface area (Å²) in [6.45, 7) is 1.62. The van der Waals surface area contributed by atoms with Crippen LogP contribution in [0.25, 0.3) is 0 Å². The molecular weight excluding hydrogens is 351 g/mol. The smallest absolute Gasteiger partial charge is 0.243 e. The van der Waals surface area contributed by atoms with Crippen LogP contribution in [-0.2, 0) is 10.0 Å². The highest BCUT2D eigenvalue weighted by Gasteiger charge is 2.29. The first-order valence-corrected chi connectivity index (χ1v) is 7.98. The molecule has 1 saturated heterocycles. The van der Waals surface area contributed by atoms with E-state index in [2.05, 4.69) is 27.9 Å².